The Morgan fingerprint density at radius 2 is 0.918 bits per heavy atom. The van der Waals surface area contributed by atoms with E-state index in [1.807, 2.05) is 61.8 Å². The van der Waals surface area contributed by atoms with Crippen molar-refractivity contribution in [2.24, 2.45) is 80.8 Å². The number of nitrogens with zero attached hydrogens (tertiary/aromatic N) is 4. The number of ketones is 2. The second-order valence-corrected chi connectivity index (χ2v) is 24.4. The van der Waals surface area contributed by atoms with Gasteiger partial charge in [0.25, 0.3) is 0 Å². The molecule has 8 nitrogen and oxygen atoms in total. The van der Waals surface area contributed by atoms with Crippen LogP contribution in [0.3, 0.4) is 0 Å². The third-order valence-electron chi connectivity index (χ3n) is 20.8. The Balaban J connectivity index is 0.000000166. The van der Waals surface area contributed by atoms with Gasteiger partial charge in [0.05, 0.1) is 36.7 Å². The molecular formula is C53H84N4O4. The third-order valence-corrected chi connectivity index (χ3v) is 20.8. The number of aryl methyl sites for hydroxylation is 2. The molecule has 61 heavy (non-hydrogen) atoms. The second kappa shape index (κ2) is 16.0. The fourth-order valence-corrected chi connectivity index (χ4v) is 17.6. The number of carbonyl (C=O) groups excluding carboxylic acids is 2. The van der Waals surface area contributed by atoms with Crippen molar-refractivity contribution in [1.29, 1.82) is 0 Å². The maximum absolute atomic E-state index is 13.3. The lowest BCUT2D eigenvalue weighted by atomic mass is 9.44. The molecule has 10 rings (SSSR count). The van der Waals surface area contributed by atoms with E-state index < -0.39 is 11.2 Å². The Kier molecular flexibility index (Phi) is 11.9. The molecule has 8 fully saturated rings. The molecule has 8 saturated carbocycles. The first-order valence-electron chi connectivity index (χ1n) is 24.7. The molecule has 2 aromatic rings. The van der Waals surface area contributed by atoms with Gasteiger partial charge in [0.2, 0.25) is 0 Å². The van der Waals surface area contributed by atoms with Crippen LogP contribution < -0.4 is 0 Å². The van der Waals surface area contributed by atoms with Crippen LogP contribution in [-0.2, 0) is 22.7 Å². The summed E-state index contributed by atoms with van der Waals surface area (Å²) in [4.78, 5) is 26.6. The summed E-state index contributed by atoms with van der Waals surface area (Å²) in [5.41, 5.74) is 2.44. The molecule has 340 valence electrons. The Morgan fingerprint density at radius 1 is 0.541 bits per heavy atom. The molecule has 0 aliphatic heterocycles. The van der Waals surface area contributed by atoms with Crippen LogP contribution in [-0.4, -0.2) is 52.5 Å². The van der Waals surface area contributed by atoms with Crippen LogP contribution in [0.5, 0.6) is 0 Å². The topological polar surface area (TPSA) is 110 Å². The van der Waals surface area contributed by atoms with E-state index in [2.05, 4.69) is 37.9 Å². The third kappa shape index (κ3) is 7.77. The van der Waals surface area contributed by atoms with Crippen molar-refractivity contribution in [2.75, 3.05) is 0 Å². The van der Waals surface area contributed by atoms with Gasteiger partial charge in [0.1, 0.15) is 0 Å². The summed E-state index contributed by atoms with van der Waals surface area (Å²) >= 11 is 0. The second-order valence-electron chi connectivity index (χ2n) is 24.4. The van der Waals surface area contributed by atoms with Gasteiger partial charge in [-0.05, 0) is 223 Å². The SMILES string of the molecule is C.Cc1cnn(CC(=O)[C@H]2CC[C@H]3[C@@H]4CC[C@@H]5C[C@](C)(O)CC[C@]5(C)[C@H]4CC[C@]23C)c1.Cc1cnn(CC(=O)[C@H]2CC[C@H]3[C@@H]4CC[C@H]5C[C@@](C)(O)CC[C@]5(C)[C@H]4CC[C@]23C)c1. The summed E-state index contributed by atoms with van der Waals surface area (Å²) < 4.78 is 3.67. The van der Waals surface area contributed by atoms with Crippen LogP contribution in [0.2, 0.25) is 0 Å². The van der Waals surface area contributed by atoms with Crippen LogP contribution >= 0.6 is 0 Å². The van der Waals surface area contributed by atoms with E-state index >= 15 is 0 Å². The normalized spacial score (nSPS) is 47.2. The summed E-state index contributed by atoms with van der Waals surface area (Å²) in [6, 6.07) is 0. The number of Topliss-reactive ketones (excluding diaryl/α,β-unsaturated/α-hetero) is 2. The van der Waals surface area contributed by atoms with Gasteiger partial charge in [0, 0.05) is 24.2 Å². The lowest BCUT2D eigenvalue weighted by Gasteiger charge is -2.61. The molecular weight excluding hydrogens is 757 g/mol. The van der Waals surface area contributed by atoms with Gasteiger partial charge in [-0.15, -0.1) is 0 Å². The molecule has 2 N–H and O–H groups in total. The number of fused-ring (bicyclic) bond motifs is 10. The zero-order chi connectivity index (χ0) is 42.6. The van der Waals surface area contributed by atoms with Crippen LogP contribution in [0.1, 0.15) is 176 Å². The summed E-state index contributed by atoms with van der Waals surface area (Å²) in [5.74, 6) is 7.06. The number of rotatable bonds is 6. The van der Waals surface area contributed by atoms with Gasteiger partial charge in [-0.25, -0.2) is 0 Å². The van der Waals surface area contributed by atoms with Crippen LogP contribution in [0.15, 0.2) is 24.8 Å². The van der Waals surface area contributed by atoms with Gasteiger partial charge in [-0.2, -0.15) is 10.2 Å². The minimum atomic E-state index is -0.462. The molecule has 8 aliphatic carbocycles. The van der Waals surface area contributed by atoms with Gasteiger partial charge in [-0.1, -0.05) is 35.1 Å². The summed E-state index contributed by atoms with van der Waals surface area (Å²) in [6.07, 6.45) is 28.6. The maximum Gasteiger partial charge on any atom is 0.157 e. The van der Waals surface area contributed by atoms with E-state index in [0.29, 0.717) is 59.2 Å². The van der Waals surface area contributed by atoms with Crippen molar-refractivity contribution in [3.63, 3.8) is 0 Å². The molecule has 0 saturated heterocycles. The van der Waals surface area contributed by atoms with Crippen LogP contribution in [0.25, 0.3) is 0 Å². The number of hydrogen-bond donors (Lipinski definition) is 2. The fraction of sp³-hybridized carbons (Fsp3) is 0.849. The lowest BCUT2D eigenvalue weighted by Crippen LogP contribution is -2.55. The number of aromatic nitrogens is 4. The Hall–Kier alpha value is -2.32. The first-order chi connectivity index (χ1) is 28.2. The standard InChI is InChI=1S/2C26H40N2O2.CH4/c2*1-17-14-27-28(15-17)16-23(29)22-8-7-20-19-6-5-18-13-24(2,30)11-12-25(18,3)21(19)9-10-26(20,22)4;/h2*14-15,18-22,30H,5-13,16H2,1-4H3;1H4/t18-,19+,20+,21+,22-,24-,25+,26+;18-,19-,20-,21-,22+,24-,25-,26-;/m10./s1. The first kappa shape index (κ1) is 45.3. The Bertz CT molecular complexity index is 1790. The van der Waals surface area contributed by atoms with Crippen molar-refractivity contribution in [1.82, 2.24) is 19.6 Å². The van der Waals surface area contributed by atoms with Gasteiger partial charge in [-0.3, -0.25) is 19.0 Å². The largest absolute Gasteiger partial charge is 0.390 e. The van der Waals surface area contributed by atoms with Crippen molar-refractivity contribution < 1.29 is 19.8 Å². The number of aliphatic hydroxyl groups is 2. The smallest absolute Gasteiger partial charge is 0.157 e. The van der Waals surface area contributed by atoms with Crippen molar-refractivity contribution in [2.45, 2.75) is 203 Å². The van der Waals surface area contributed by atoms with Crippen LogP contribution in [0, 0.1) is 94.7 Å². The van der Waals surface area contributed by atoms with E-state index in [-0.39, 0.29) is 30.1 Å². The van der Waals surface area contributed by atoms with E-state index in [1.54, 1.807) is 0 Å². The molecule has 0 amide bonds. The van der Waals surface area contributed by atoms with E-state index in [1.165, 1.54) is 77.0 Å². The molecule has 16 atom stereocenters. The van der Waals surface area contributed by atoms with Gasteiger partial charge < -0.3 is 10.2 Å². The van der Waals surface area contributed by atoms with E-state index in [4.69, 9.17) is 0 Å². The molecule has 0 spiro atoms. The highest BCUT2D eigenvalue weighted by molar-refractivity contribution is 5.82. The lowest BCUT2D eigenvalue weighted by molar-refractivity contribution is -0.151. The predicted molar refractivity (Wildman–Crippen MR) is 242 cm³/mol. The molecule has 0 bridgehead atoms. The summed E-state index contributed by atoms with van der Waals surface area (Å²) in [6.45, 7) is 19.0. The van der Waals surface area contributed by atoms with Crippen molar-refractivity contribution in [3.05, 3.63) is 35.9 Å². The Labute approximate surface area is 369 Å². The summed E-state index contributed by atoms with van der Waals surface area (Å²) in [5, 5.41) is 30.1. The molecule has 8 heteroatoms. The average molecular weight is 841 g/mol. The quantitative estimate of drug-likeness (QED) is 0.300. The molecule has 8 aliphatic rings. The average Bonchev–Trinajstić information content (AvgIpc) is 3.97. The molecule has 0 aromatic carbocycles. The molecule has 2 heterocycles. The minimum absolute atomic E-state index is 0. The Morgan fingerprint density at radius 3 is 1.28 bits per heavy atom. The highest BCUT2D eigenvalue weighted by Gasteiger charge is 2.63. The van der Waals surface area contributed by atoms with E-state index in [9.17, 15) is 19.8 Å². The van der Waals surface area contributed by atoms with Gasteiger partial charge in [0.15, 0.2) is 11.6 Å². The zero-order valence-electron chi connectivity index (χ0n) is 38.7. The summed E-state index contributed by atoms with van der Waals surface area (Å²) in [7, 11) is 0. The highest BCUT2D eigenvalue weighted by atomic mass is 16.3. The molecule has 2 aromatic heterocycles. The highest BCUT2D eigenvalue weighted by Crippen LogP contribution is 2.70. The number of hydrogen-bond acceptors (Lipinski definition) is 6. The van der Waals surface area contributed by atoms with Crippen LogP contribution in [0.4, 0.5) is 0 Å². The minimum Gasteiger partial charge on any atom is -0.390 e. The molecule has 0 radical (unpaired) electrons. The van der Waals surface area contributed by atoms with Gasteiger partial charge >= 0.3 is 0 Å². The number of carbonyl (C=O) groups is 2. The van der Waals surface area contributed by atoms with E-state index in [0.717, 1.165) is 73.3 Å². The molecule has 0 unspecified atom stereocenters. The first-order valence-corrected chi connectivity index (χ1v) is 24.7. The van der Waals surface area contributed by atoms with Crippen molar-refractivity contribution >= 4 is 11.6 Å². The van der Waals surface area contributed by atoms with Crippen molar-refractivity contribution in [3.8, 4) is 0 Å². The zero-order valence-corrected chi connectivity index (χ0v) is 38.7. The predicted octanol–water partition coefficient (Wildman–Crippen LogP) is 11.0. The maximum atomic E-state index is 13.3. The monoisotopic (exact) mass is 841 g/mol. The fourth-order valence-electron chi connectivity index (χ4n) is 17.6.